The number of fused-ring (bicyclic) bond motifs is 3. The average Bonchev–Trinajstić information content (AvgIpc) is 3.13. The second-order valence-electron chi connectivity index (χ2n) is 7.91. The molecule has 0 atom stereocenters. The van der Waals surface area contributed by atoms with Gasteiger partial charge in [-0.1, -0.05) is 17.7 Å². The number of rotatable bonds is 3. The quantitative estimate of drug-likeness (QED) is 0.673. The smallest absolute Gasteiger partial charge is 0.259 e. The zero-order valence-electron chi connectivity index (χ0n) is 16.6. The summed E-state index contributed by atoms with van der Waals surface area (Å²) in [7, 11) is 0. The Balaban J connectivity index is 1.31. The van der Waals surface area contributed by atoms with Crippen molar-refractivity contribution in [2.24, 2.45) is 0 Å². The van der Waals surface area contributed by atoms with Gasteiger partial charge in [-0.15, -0.1) is 11.3 Å². The zero-order chi connectivity index (χ0) is 20.7. The van der Waals surface area contributed by atoms with E-state index in [1.807, 2.05) is 12.1 Å². The van der Waals surface area contributed by atoms with E-state index in [9.17, 15) is 10.1 Å². The fourth-order valence-corrected chi connectivity index (χ4v) is 6.02. The van der Waals surface area contributed by atoms with Crippen molar-refractivity contribution in [2.45, 2.75) is 32.2 Å². The third kappa shape index (κ3) is 3.49. The molecular formula is C22H22ClN5OS. The van der Waals surface area contributed by atoms with Crippen molar-refractivity contribution in [2.75, 3.05) is 31.1 Å². The fraction of sp³-hybridized carbons (Fsp3) is 0.409. The number of nitrogens with zero attached hydrogens (tertiary/aromatic N) is 4. The van der Waals surface area contributed by atoms with Gasteiger partial charge in [0.2, 0.25) is 0 Å². The van der Waals surface area contributed by atoms with Crippen LogP contribution in [0.1, 0.15) is 34.7 Å². The van der Waals surface area contributed by atoms with Gasteiger partial charge in [0.05, 0.1) is 28.2 Å². The van der Waals surface area contributed by atoms with Gasteiger partial charge in [-0.05, 0) is 43.4 Å². The van der Waals surface area contributed by atoms with Gasteiger partial charge in [0.25, 0.3) is 5.56 Å². The standard InChI is InChI=1S/C22H22ClN5OS/c23-16-5-3-6-17(15(16)12-24)28-10-8-27(9-11-28)13-19-25-21(29)20-14-4-1-2-7-18(14)30-22(20)26-19/h3,5-6H,1-2,4,7-11,13H2,(H,25,26,29). The van der Waals surface area contributed by atoms with Crippen molar-refractivity contribution in [1.29, 1.82) is 5.26 Å². The predicted octanol–water partition coefficient (Wildman–Crippen LogP) is 3.71. The lowest BCUT2D eigenvalue weighted by Gasteiger charge is -2.36. The minimum absolute atomic E-state index is 0.00521. The normalized spacial score (nSPS) is 17.1. The van der Waals surface area contributed by atoms with Crippen molar-refractivity contribution in [3.8, 4) is 6.07 Å². The number of aryl methyl sites for hydroxylation is 2. The molecule has 154 valence electrons. The number of halogens is 1. The first kappa shape index (κ1) is 19.6. The molecule has 8 heteroatoms. The molecule has 1 saturated heterocycles. The van der Waals surface area contributed by atoms with E-state index >= 15 is 0 Å². The summed E-state index contributed by atoms with van der Waals surface area (Å²) in [5.74, 6) is 0.736. The molecule has 0 unspecified atom stereocenters. The van der Waals surface area contributed by atoms with Crippen LogP contribution in [0.4, 0.5) is 5.69 Å². The molecule has 6 nitrogen and oxygen atoms in total. The van der Waals surface area contributed by atoms with Crippen LogP contribution >= 0.6 is 22.9 Å². The fourth-order valence-electron chi connectivity index (χ4n) is 4.53. The topological polar surface area (TPSA) is 76.0 Å². The van der Waals surface area contributed by atoms with Crippen LogP contribution in [0, 0.1) is 11.3 Å². The van der Waals surface area contributed by atoms with Crippen LogP contribution in [0.2, 0.25) is 5.02 Å². The Morgan fingerprint density at radius 1 is 1.20 bits per heavy atom. The van der Waals surface area contributed by atoms with E-state index < -0.39 is 0 Å². The molecule has 2 aliphatic rings. The van der Waals surface area contributed by atoms with Crippen LogP contribution in [0.25, 0.3) is 10.2 Å². The molecule has 0 radical (unpaired) electrons. The van der Waals surface area contributed by atoms with Gasteiger partial charge in [-0.3, -0.25) is 9.69 Å². The number of piperazine rings is 1. The van der Waals surface area contributed by atoms with Crippen molar-refractivity contribution in [1.82, 2.24) is 14.9 Å². The molecule has 1 aliphatic heterocycles. The Morgan fingerprint density at radius 3 is 2.80 bits per heavy atom. The number of aromatic amines is 1. The first-order chi connectivity index (χ1) is 14.6. The van der Waals surface area contributed by atoms with E-state index in [1.54, 1.807) is 17.4 Å². The minimum Gasteiger partial charge on any atom is -0.368 e. The van der Waals surface area contributed by atoms with Crippen LogP contribution in [0.15, 0.2) is 23.0 Å². The van der Waals surface area contributed by atoms with Gasteiger partial charge in [-0.2, -0.15) is 5.26 Å². The van der Waals surface area contributed by atoms with E-state index in [0.717, 1.165) is 67.2 Å². The Morgan fingerprint density at radius 2 is 2.00 bits per heavy atom. The molecule has 3 heterocycles. The number of nitriles is 1. The van der Waals surface area contributed by atoms with Gasteiger partial charge in [0.1, 0.15) is 16.7 Å². The number of H-pyrrole nitrogens is 1. The summed E-state index contributed by atoms with van der Waals surface area (Å²) in [6.07, 6.45) is 4.43. The highest BCUT2D eigenvalue weighted by molar-refractivity contribution is 7.18. The van der Waals surface area contributed by atoms with Crippen LogP contribution < -0.4 is 10.5 Å². The van der Waals surface area contributed by atoms with Crippen molar-refractivity contribution < 1.29 is 0 Å². The van der Waals surface area contributed by atoms with Crippen LogP contribution in [-0.2, 0) is 19.4 Å². The Labute approximate surface area is 183 Å². The number of thiophene rings is 1. The zero-order valence-corrected chi connectivity index (χ0v) is 18.2. The first-order valence-electron chi connectivity index (χ1n) is 10.3. The highest BCUT2D eigenvalue weighted by Gasteiger charge is 2.23. The molecule has 0 spiro atoms. The van der Waals surface area contributed by atoms with Gasteiger partial charge in [-0.25, -0.2) is 4.98 Å². The summed E-state index contributed by atoms with van der Waals surface area (Å²) in [6, 6.07) is 7.80. The molecule has 30 heavy (non-hydrogen) atoms. The Kier molecular flexibility index (Phi) is 5.23. The van der Waals surface area contributed by atoms with E-state index in [1.165, 1.54) is 16.9 Å². The van der Waals surface area contributed by atoms with E-state index in [2.05, 4.69) is 20.9 Å². The number of hydrogen-bond acceptors (Lipinski definition) is 6. The van der Waals surface area contributed by atoms with Gasteiger partial charge >= 0.3 is 0 Å². The van der Waals surface area contributed by atoms with Crippen molar-refractivity contribution >= 4 is 38.8 Å². The predicted molar refractivity (Wildman–Crippen MR) is 121 cm³/mol. The minimum atomic E-state index is 0.00521. The molecule has 1 aliphatic carbocycles. The second kappa shape index (κ2) is 8.03. The van der Waals surface area contributed by atoms with Crippen LogP contribution in [0.5, 0.6) is 0 Å². The summed E-state index contributed by atoms with van der Waals surface area (Å²) in [6.45, 7) is 3.89. The van der Waals surface area contributed by atoms with E-state index in [0.29, 0.717) is 17.1 Å². The van der Waals surface area contributed by atoms with Gasteiger partial charge in [0, 0.05) is 31.1 Å². The van der Waals surface area contributed by atoms with Crippen molar-refractivity contribution in [3.63, 3.8) is 0 Å². The number of aromatic nitrogens is 2. The largest absolute Gasteiger partial charge is 0.368 e. The molecule has 3 aromatic rings. The summed E-state index contributed by atoms with van der Waals surface area (Å²) >= 11 is 7.88. The first-order valence-corrected chi connectivity index (χ1v) is 11.5. The monoisotopic (exact) mass is 439 g/mol. The second-order valence-corrected chi connectivity index (χ2v) is 9.40. The molecule has 5 rings (SSSR count). The third-order valence-electron chi connectivity index (χ3n) is 6.06. The molecule has 1 aromatic carbocycles. The lowest BCUT2D eigenvalue weighted by molar-refractivity contribution is 0.244. The maximum absolute atomic E-state index is 12.8. The highest BCUT2D eigenvalue weighted by Crippen LogP contribution is 2.33. The molecule has 0 saturated carbocycles. The maximum atomic E-state index is 12.8. The number of benzene rings is 1. The van der Waals surface area contributed by atoms with E-state index in [-0.39, 0.29) is 5.56 Å². The molecule has 0 bridgehead atoms. The van der Waals surface area contributed by atoms with Crippen LogP contribution in [0.3, 0.4) is 0 Å². The lowest BCUT2D eigenvalue weighted by Crippen LogP contribution is -2.46. The number of hydrogen-bond donors (Lipinski definition) is 1. The summed E-state index contributed by atoms with van der Waals surface area (Å²) in [5, 5.41) is 10.7. The van der Waals surface area contributed by atoms with Gasteiger partial charge in [0.15, 0.2) is 0 Å². The molecular weight excluding hydrogens is 418 g/mol. The van der Waals surface area contributed by atoms with E-state index in [4.69, 9.17) is 16.6 Å². The molecule has 1 N–H and O–H groups in total. The SMILES string of the molecule is N#Cc1c(Cl)cccc1N1CCN(Cc2nc3sc4c(c3c(=O)[nH]2)CCCC4)CC1. The lowest BCUT2D eigenvalue weighted by atomic mass is 9.97. The molecule has 0 amide bonds. The van der Waals surface area contributed by atoms with Crippen LogP contribution in [-0.4, -0.2) is 41.0 Å². The highest BCUT2D eigenvalue weighted by atomic mass is 35.5. The number of anilines is 1. The Bertz CT molecular complexity index is 1200. The summed E-state index contributed by atoms with van der Waals surface area (Å²) in [4.78, 5) is 27.3. The van der Waals surface area contributed by atoms with Crippen molar-refractivity contribution in [3.05, 3.63) is 55.4 Å². The number of nitrogens with one attached hydrogen (secondary N) is 1. The third-order valence-corrected chi connectivity index (χ3v) is 7.56. The maximum Gasteiger partial charge on any atom is 0.259 e. The van der Waals surface area contributed by atoms with Gasteiger partial charge < -0.3 is 9.88 Å². The Hall–Kier alpha value is -2.40. The average molecular weight is 440 g/mol. The summed E-state index contributed by atoms with van der Waals surface area (Å²) < 4.78 is 0. The molecule has 2 aromatic heterocycles. The molecule has 1 fully saturated rings. The summed E-state index contributed by atoms with van der Waals surface area (Å²) in [5.41, 5.74) is 2.66.